The van der Waals surface area contributed by atoms with E-state index in [1.165, 1.54) is 7.05 Å². The Morgan fingerprint density at radius 2 is 2.36 bits per heavy atom. The van der Waals surface area contributed by atoms with E-state index in [9.17, 15) is 4.79 Å². The Morgan fingerprint density at radius 3 is 2.79 bits per heavy atom. The molecule has 0 saturated carbocycles. The topological polar surface area (TPSA) is 56.1 Å². The van der Waals surface area contributed by atoms with Crippen LogP contribution >= 0.6 is 15.9 Å². The molecule has 1 aromatic rings. The Kier molecular flexibility index (Phi) is 3.51. The third-order valence-corrected chi connectivity index (χ3v) is 2.84. The number of rotatable bonds is 2. The maximum atomic E-state index is 10.8. The van der Waals surface area contributed by atoms with E-state index in [0.29, 0.717) is 0 Å². The summed E-state index contributed by atoms with van der Waals surface area (Å²) in [6.07, 6.45) is -0.448. The second-order valence-electron chi connectivity index (χ2n) is 2.80. The first-order valence-corrected chi connectivity index (χ1v) is 4.88. The standard InChI is InChI=1S/C8H12BrN3O2/c1-5-7(9)6(12(3)11-5)4-14-8(13)10-2/h4H2,1-3H3,(H,10,13). The van der Waals surface area contributed by atoms with Crippen molar-refractivity contribution in [3.8, 4) is 0 Å². The number of nitrogens with one attached hydrogen (secondary N) is 1. The van der Waals surface area contributed by atoms with Crippen molar-refractivity contribution >= 4 is 22.0 Å². The van der Waals surface area contributed by atoms with Gasteiger partial charge in [-0.15, -0.1) is 0 Å². The number of alkyl carbamates (subject to hydrolysis) is 1. The van der Waals surface area contributed by atoms with Crippen molar-refractivity contribution in [2.75, 3.05) is 7.05 Å². The van der Waals surface area contributed by atoms with Gasteiger partial charge >= 0.3 is 6.09 Å². The highest BCUT2D eigenvalue weighted by atomic mass is 79.9. The van der Waals surface area contributed by atoms with Gasteiger partial charge in [-0.05, 0) is 22.9 Å². The summed E-state index contributed by atoms with van der Waals surface area (Å²) >= 11 is 3.38. The van der Waals surface area contributed by atoms with Crippen LogP contribution in [-0.4, -0.2) is 22.9 Å². The van der Waals surface area contributed by atoms with Crippen molar-refractivity contribution in [2.24, 2.45) is 7.05 Å². The molecule has 0 unspecified atom stereocenters. The van der Waals surface area contributed by atoms with Crippen molar-refractivity contribution in [2.45, 2.75) is 13.5 Å². The molecule has 1 aromatic heterocycles. The zero-order valence-corrected chi connectivity index (χ0v) is 9.88. The summed E-state index contributed by atoms with van der Waals surface area (Å²) in [5.41, 5.74) is 1.72. The second kappa shape index (κ2) is 4.45. The summed E-state index contributed by atoms with van der Waals surface area (Å²) < 4.78 is 7.47. The molecule has 0 fully saturated rings. The van der Waals surface area contributed by atoms with Gasteiger partial charge in [-0.2, -0.15) is 5.10 Å². The van der Waals surface area contributed by atoms with E-state index in [-0.39, 0.29) is 6.61 Å². The van der Waals surface area contributed by atoms with Gasteiger partial charge in [-0.3, -0.25) is 4.68 Å². The molecule has 6 heteroatoms. The summed E-state index contributed by atoms with van der Waals surface area (Å²) in [7, 11) is 3.33. The van der Waals surface area contributed by atoms with E-state index in [1.807, 2.05) is 6.92 Å². The molecule has 0 aliphatic carbocycles. The van der Waals surface area contributed by atoms with Crippen molar-refractivity contribution in [3.63, 3.8) is 0 Å². The Bertz CT molecular complexity index is 349. The van der Waals surface area contributed by atoms with E-state index in [4.69, 9.17) is 4.74 Å². The minimum absolute atomic E-state index is 0.206. The SMILES string of the molecule is CNC(=O)OCc1c(Br)c(C)nn1C. The van der Waals surface area contributed by atoms with Gasteiger partial charge in [-0.25, -0.2) is 4.79 Å². The first-order chi connectivity index (χ1) is 6.56. The lowest BCUT2D eigenvalue weighted by atomic mass is 10.4. The van der Waals surface area contributed by atoms with E-state index in [0.717, 1.165) is 15.9 Å². The van der Waals surface area contributed by atoms with Crippen LogP contribution in [-0.2, 0) is 18.4 Å². The van der Waals surface area contributed by atoms with Crippen molar-refractivity contribution < 1.29 is 9.53 Å². The summed E-state index contributed by atoms with van der Waals surface area (Å²) in [5, 5.41) is 6.55. The molecule has 14 heavy (non-hydrogen) atoms. The van der Waals surface area contributed by atoms with Crippen molar-refractivity contribution in [1.82, 2.24) is 15.1 Å². The first kappa shape index (κ1) is 11.0. The van der Waals surface area contributed by atoms with Crippen molar-refractivity contribution in [3.05, 3.63) is 15.9 Å². The highest BCUT2D eigenvalue weighted by Gasteiger charge is 2.11. The van der Waals surface area contributed by atoms with Gasteiger partial charge in [0.2, 0.25) is 0 Å². The van der Waals surface area contributed by atoms with Crippen LogP contribution in [0.25, 0.3) is 0 Å². The van der Waals surface area contributed by atoms with Crippen molar-refractivity contribution in [1.29, 1.82) is 0 Å². The molecular formula is C8H12BrN3O2. The number of carbonyl (C=O) groups is 1. The predicted molar refractivity (Wildman–Crippen MR) is 54.9 cm³/mol. The molecule has 0 spiro atoms. The molecule has 0 aliphatic rings. The maximum absolute atomic E-state index is 10.8. The van der Waals surface area contributed by atoms with Gasteiger partial charge in [-0.1, -0.05) is 0 Å². The number of carbonyl (C=O) groups excluding carboxylic acids is 1. The van der Waals surface area contributed by atoms with Crippen LogP contribution in [0, 0.1) is 6.92 Å². The van der Waals surface area contributed by atoms with Gasteiger partial charge in [0.25, 0.3) is 0 Å². The number of hydrogen-bond donors (Lipinski definition) is 1. The third-order valence-electron chi connectivity index (χ3n) is 1.81. The van der Waals surface area contributed by atoms with Crippen LogP contribution in [0.15, 0.2) is 4.47 Å². The average Bonchev–Trinajstić information content (AvgIpc) is 2.39. The Hall–Kier alpha value is -1.04. The zero-order valence-electron chi connectivity index (χ0n) is 8.30. The fraction of sp³-hybridized carbons (Fsp3) is 0.500. The van der Waals surface area contributed by atoms with Crippen LogP contribution in [0.5, 0.6) is 0 Å². The van der Waals surface area contributed by atoms with Crippen LogP contribution in [0.3, 0.4) is 0 Å². The molecule has 0 bridgehead atoms. The summed E-state index contributed by atoms with van der Waals surface area (Å²) in [6, 6.07) is 0. The van der Waals surface area contributed by atoms with E-state index in [1.54, 1.807) is 11.7 Å². The van der Waals surface area contributed by atoms with Gasteiger partial charge in [0.1, 0.15) is 6.61 Å². The Morgan fingerprint density at radius 1 is 1.71 bits per heavy atom. The number of hydrogen-bond acceptors (Lipinski definition) is 3. The number of nitrogens with zero attached hydrogens (tertiary/aromatic N) is 2. The van der Waals surface area contributed by atoms with Crippen LogP contribution in [0.2, 0.25) is 0 Å². The number of amides is 1. The largest absolute Gasteiger partial charge is 0.443 e. The molecule has 0 radical (unpaired) electrons. The maximum Gasteiger partial charge on any atom is 0.407 e. The summed E-state index contributed by atoms with van der Waals surface area (Å²) in [4.78, 5) is 10.8. The molecule has 0 atom stereocenters. The van der Waals surface area contributed by atoms with Gasteiger partial charge in [0.15, 0.2) is 0 Å². The van der Waals surface area contributed by atoms with Gasteiger partial charge in [0, 0.05) is 14.1 Å². The minimum Gasteiger partial charge on any atom is -0.443 e. The third kappa shape index (κ3) is 2.25. The van der Waals surface area contributed by atoms with E-state index in [2.05, 4.69) is 26.3 Å². The first-order valence-electron chi connectivity index (χ1n) is 4.08. The monoisotopic (exact) mass is 261 g/mol. The lowest BCUT2D eigenvalue weighted by Gasteiger charge is -2.04. The molecule has 1 rings (SSSR count). The fourth-order valence-electron chi connectivity index (χ4n) is 1.04. The van der Waals surface area contributed by atoms with Crippen LogP contribution in [0.4, 0.5) is 4.79 Å². The van der Waals surface area contributed by atoms with Crippen LogP contribution < -0.4 is 5.32 Å². The molecule has 1 amide bonds. The second-order valence-corrected chi connectivity index (χ2v) is 3.59. The smallest absolute Gasteiger partial charge is 0.407 e. The van der Waals surface area contributed by atoms with E-state index >= 15 is 0 Å². The number of ether oxygens (including phenoxy) is 1. The average molecular weight is 262 g/mol. The molecule has 0 saturated heterocycles. The number of halogens is 1. The molecule has 1 heterocycles. The fourth-order valence-corrected chi connectivity index (χ4v) is 1.49. The van der Waals surface area contributed by atoms with Gasteiger partial charge < -0.3 is 10.1 Å². The van der Waals surface area contributed by atoms with Gasteiger partial charge in [0.05, 0.1) is 15.9 Å². The highest BCUT2D eigenvalue weighted by molar-refractivity contribution is 9.10. The number of aromatic nitrogens is 2. The van der Waals surface area contributed by atoms with E-state index < -0.39 is 6.09 Å². The molecular weight excluding hydrogens is 250 g/mol. The molecule has 5 nitrogen and oxygen atoms in total. The molecule has 78 valence electrons. The molecule has 0 aromatic carbocycles. The minimum atomic E-state index is -0.448. The number of aryl methyl sites for hydroxylation is 2. The summed E-state index contributed by atoms with van der Waals surface area (Å²) in [6.45, 7) is 2.09. The Labute approximate surface area is 90.6 Å². The lowest BCUT2D eigenvalue weighted by Crippen LogP contribution is -2.19. The lowest BCUT2D eigenvalue weighted by molar-refractivity contribution is 0.139. The zero-order chi connectivity index (χ0) is 10.7. The quantitative estimate of drug-likeness (QED) is 0.875. The highest BCUT2D eigenvalue weighted by Crippen LogP contribution is 2.20. The van der Waals surface area contributed by atoms with Crippen LogP contribution in [0.1, 0.15) is 11.4 Å². The predicted octanol–water partition coefficient (Wildman–Crippen LogP) is 1.35. The molecule has 0 aliphatic heterocycles. The normalized spacial score (nSPS) is 10.0. The Balaban J connectivity index is 2.71. The molecule has 1 N–H and O–H groups in total. The summed E-state index contributed by atoms with van der Waals surface area (Å²) in [5.74, 6) is 0.